The molecule has 0 saturated carbocycles. The van der Waals surface area contributed by atoms with E-state index >= 15 is 0 Å². The number of aryl methyl sites for hydroxylation is 1. The van der Waals surface area contributed by atoms with Gasteiger partial charge in [-0.15, -0.1) is 10.2 Å². The fourth-order valence-electron chi connectivity index (χ4n) is 2.96. The smallest absolute Gasteiger partial charge is 0.234 e. The summed E-state index contributed by atoms with van der Waals surface area (Å²) in [4.78, 5) is 12.4. The van der Waals surface area contributed by atoms with Gasteiger partial charge in [0.25, 0.3) is 0 Å². The zero-order valence-corrected chi connectivity index (χ0v) is 21.4. The van der Waals surface area contributed by atoms with Crippen LogP contribution in [0.25, 0.3) is 0 Å². The van der Waals surface area contributed by atoms with Crippen molar-refractivity contribution in [3.63, 3.8) is 0 Å². The first-order chi connectivity index (χ1) is 15.8. The summed E-state index contributed by atoms with van der Waals surface area (Å²) in [5.41, 5.74) is 1.41. The van der Waals surface area contributed by atoms with Gasteiger partial charge in [0.15, 0.2) is 22.5 Å². The number of nitrogens with zero attached hydrogens (tertiary/aromatic N) is 3. The molecule has 1 N–H and O–H groups in total. The van der Waals surface area contributed by atoms with Gasteiger partial charge in [0.2, 0.25) is 5.91 Å². The fraction of sp³-hybridized carbons (Fsp3) is 0.318. The summed E-state index contributed by atoms with van der Waals surface area (Å²) in [6, 6.07) is 8.80. The highest BCUT2D eigenvalue weighted by atomic mass is 35.5. The molecule has 0 atom stereocenters. The minimum absolute atomic E-state index is 0.0979. The second kappa shape index (κ2) is 11.8. The molecule has 2 aromatic carbocycles. The quantitative estimate of drug-likeness (QED) is 0.312. The number of benzene rings is 2. The topological polar surface area (TPSA) is 78.3 Å². The number of halogens is 3. The molecule has 3 aromatic rings. The molecule has 33 heavy (non-hydrogen) atoms. The molecule has 1 aromatic heterocycles. The second-order valence-corrected chi connectivity index (χ2v) is 9.09. The van der Waals surface area contributed by atoms with Crippen LogP contribution in [-0.4, -0.2) is 33.0 Å². The SMILES string of the molecule is CCOc1cc(C)ccc1OCc1nnc(SCC(=O)Nc2c(Cl)cc(Cl)cc2Cl)n1CC. The Morgan fingerprint density at radius 1 is 1.06 bits per heavy atom. The molecule has 11 heteroatoms. The Bertz CT molecular complexity index is 1120. The zero-order chi connectivity index (χ0) is 24.0. The molecular weight excluding hydrogens is 507 g/mol. The molecule has 0 aliphatic carbocycles. The van der Waals surface area contributed by atoms with E-state index < -0.39 is 0 Å². The number of carbonyl (C=O) groups is 1. The third-order valence-electron chi connectivity index (χ3n) is 4.47. The van der Waals surface area contributed by atoms with Gasteiger partial charge in [-0.25, -0.2) is 0 Å². The Morgan fingerprint density at radius 2 is 1.79 bits per heavy atom. The predicted octanol–water partition coefficient (Wildman–Crippen LogP) is 6.28. The summed E-state index contributed by atoms with van der Waals surface area (Å²) in [6.45, 7) is 7.27. The van der Waals surface area contributed by atoms with Crippen molar-refractivity contribution >= 4 is 58.2 Å². The number of carbonyl (C=O) groups excluding carboxylic acids is 1. The average molecular weight is 530 g/mol. The van der Waals surface area contributed by atoms with Crippen LogP contribution in [0.2, 0.25) is 15.1 Å². The third kappa shape index (κ3) is 6.69. The van der Waals surface area contributed by atoms with Crippen molar-refractivity contribution in [1.82, 2.24) is 14.8 Å². The minimum Gasteiger partial charge on any atom is -0.490 e. The van der Waals surface area contributed by atoms with Crippen molar-refractivity contribution in [2.24, 2.45) is 0 Å². The molecule has 0 radical (unpaired) electrons. The first-order valence-electron chi connectivity index (χ1n) is 10.2. The highest BCUT2D eigenvalue weighted by Gasteiger charge is 2.16. The van der Waals surface area contributed by atoms with Crippen LogP contribution >= 0.6 is 46.6 Å². The summed E-state index contributed by atoms with van der Waals surface area (Å²) in [7, 11) is 0. The number of amides is 1. The van der Waals surface area contributed by atoms with Crippen LogP contribution in [-0.2, 0) is 17.9 Å². The van der Waals surface area contributed by atoms with Crippen LogP contribution in [0.1, 0.15) is 25.2 Å². The molecule has 3 rings (SSSR count). The van der Waals surface area contributed by atoms with Gasteiger partial charge in [0.1, 0.15) is 6.61 Å². The van der Waals surface area contributed by atoms with Crippen LogP contribution < -0.4 is 14.8 Å². The van der Waals surface area contributed by atoms with Gasteiger partial charge in [-0.3, -0.25) is 4.79 Å². The number of aromatic nitrogens is 3. The van der Waals surface area contributed by atoms with E-state index in [0.29, 0.717) is 46.3 Å². The van der Waals surface area contributed by atoms with Crippen molar-refractivity contribution < 1.29 is 14.3 Å². The molecule has 7 nitrogen and oxygen atoms in total. The zero-order valence-electron chi connectivity index (χ0n) is 18.3. The first-order valence-corrected chi connectivity index (χ1v) is 12.3. The normalized spacial score (nSPS) is 10.8. The van der Waals surface area contributed by atoms with E-state index in [1.54, 1.807) is 0 Å². The largest absolute Gasteiger partial charge is 0.490 e. The number of nitrogens with one attached hydrogen (secondary N) is 1. The van der Waals surface area contributed by atoms with Gasteiger partial charge in [-0.2, -0.15) is 0 Å². The van der Waals surface area contributed by atoms with E-state index in [1.165, 1.54) is 23.9 Å². The Morgan fingerprint density at radius 3 is 2.45 bits per heavy atom. The minimum atomic E-state index is -0.282. The Hall–Kier alpha value is -2.13. The van der Waals surface area contributed by atoms with E-state index in [4.69, 9.17) is 44.3 Å². The fourth-order valence-corrected chi connectivity index (χ4v) is 4.70. The summed E-state index contributed by atoms with van der Waals surface area (Å²) in [5.74, 6) is 1.79. The monoisotopic (exact) mass is 528 g/mol. The molecule has 1 heterocycles. The molecule has 0 fully saturated rings. The van der Waals surface area contributed by atoms with Crippen LogP contribution in [0, 0.1) is 6.92 Å². The van der Waals surface area contributed by atoms with Crippen molar-refractivity contribution in [2.45, 2.75) is 39.1 Å². The van der Waals surface area contributed by atoms with Crippen LogP contribution in [0.3, 0.4) is 0 Å². The number of thioether (sulfide) groups is 1. The van der Waals surface area contributed by atoms with E-state index in [2.05, 4.69) is 15.5 Å². The second-order valence-electron chi connectivity index (χ2n) is 6.90. The highest BCUT2D eigenvalue weighted by Crippen LogP contribution is 2.34. The van der Waals surface area contributed by atoms with Crippen molar-refractivity contribution in [3.8, 4) is 11.5 Å². The standard InChI is InChI=1S/C22H23Cl3N4O3S/c1-4-29-19(11-32-17-7-6-13(3)8-18(17)31-5-2)27-28-22(29)33-12-20(30)26-21-15(24)9-14(23)10-16(21)25/h6-10H,4-5,11-12H2,1-3H3,(H,26,30). The van der Waals surface area contributed by atoms with Gasteiger partial charge in [-0.05, 0) is 50.6 Å². The lowest BCUT2D eigenvalue weighted by atomic mass is 10.2. The van der Waals surface area contributed by atoms with Crippen LogP contribution in [0.15, 0.2) is 35.5 Å². The summed E-state index contributed by atoms with van der Waals surface area (Å²) < 4.78 is 13.5. The Balaban J connectivity index is 1.63. The lowest BCUT2D eigenvalue weighted by molar-refractivity contribution is -0.113. The van der Waals surface area contributed by atoms with Crippen LogP contribution in [0.4, 0.5) is 5.69 Å². The summed E-state index contributed by atoms with van der Waals surface area (Å²) in [6.07, 6.45) is 0. The van der Waals surface area contributed by atoms with Gasteiger partial charge in [0, 0.05) is 11.6 Å². The van der Waals surface area contributed by atoms with Crippen LogP contribution in [0.5, 0.6) is 11.5 Å². The molecular formula is C22H23Cl3N4O3S. The molecule has 0 bridgehead atoms. The number of anilines is 1. The van der Waals surface area contributed by atoms with E-state index in [1.807, 2.05) is 43.5 Å². The summed E-state index contributed by atoms with van der Waals surface area (Å²) in [5, 5.41) is 12.7. The Labute approximate surface area is 211 Å². The number of rotatable bonds is 10. The third-order valence-corrected chi connectivity index (χ3v) is 6.25. The van der Waals surface area contributed by atoms with Crippen molar-refractivity contribution in [3.05, 3.63) is 56.8 Å². The van der Waals surface area contributed by atoms with Crippen molar-refractivity contribution in [1.29, 1.82) is 0 Å². The molecule has 0 saturated heterocycles. The molecule has 0 aliphatic rings. The first kappa shape index (κ1) is 25.5. The van der Waals surface area contributed by atoms with Gasteiger partial charge in [-0.1, -0.05) is 52.6 Å². The summed E-state index contributed by atoms with van der Waals surface area (Å²) >= 11 is 19.4. The van der Waals surface area contributed by atoms with E-state index in [9.17, 15) is 4.79 Å². The molecule has 1 amide bonds. The van der Waals surface area contributed by atoms with Crippen molar-refractivity contribution in [2.75, 3.05) is 17.7 Å². The number of hydrogen-bond acceptors (Lipinski definition) is 6. The van der Waals surface area contributed by atoms with E-state index in [0.717, 1.165) is 5.56 Å². The van der Waals surface area contributed by atoms with Gasteiger partial charge < -0.3 is 19.4 Å². The number of ether oxygens (including phenoxy) is 2. The lowest BCUT2D eigenvalue weighted by Crippen LogP contribution is -2.15. The molecule has 0 unspecified atom stereocenters. The molecule has 176 valence electrons. The molecule has 0 aliphatic heterocycles. The maximum atomic E-state index is 12.4. The van der Waals surface area contributed by atoms with Gasteiger partial charge in [0.05, 0.1) is 28.1 Å². The number of hydrogen-bond donors (Lipinski definition) is 1. The predicted molar refractivity (Wildman–Crippen MR) is 133 cm³/mol. The molecule has 0 spiro atoms. The lowest BCUT2D eigenvalue weighted by Gasteiger charge is -2.13. The van der Waals surface area contributed by atoms with Gasteiger partial charge >= 0.3 is 0 Å². The average Bonchev–Trinajstić information content (AvgIpc) is 3.16. The maximum Gasteiger partial charge on any atom is 0.234 e. The van der Waals surface area contributed by atoms with E-state index in [-0.39, 0.29) is 28.3 Å². The maximum absolute atomic E-state index is 12.4. The highest BCUT2D eigenvalue weighted by molar-refractivity contribution is 7.99. The Kier molecular flexibility index (Phi) is 9.14.